The van der Waals surface area contributed by atoms with Crippen molar-refractivity contribution < 1.29 is 32.2 Å². The van der Waals surface area contributed by atoms with Gasteiger partial charge in [-0.05, 0) is 13.0 Å². The number of nitrogens with zero attached hydrogens (tertiary/aromatic N) is 2. The standard InChI is InChI=1S/C11H11F3N2O4/c1-6-4-7(10(18)19-6)20-9(17)5-16-3-2-8(15-16)11(12,13)14/h2-3,6-7H,4-5H2,1H3/t6-,7-/m0/s1. The van der Waals surface area contributed by atoms with Gasteiger partial charge in [0.1, 0.15) is 12.6 Å². The average molecular weight is 292 g/mol. The minimum atomic E-state index is -4.57. The maximum absolute atomic E-state index is 12.3. The van der Waals surface area contributed by atoms with E-state index in [4.69, 9.17) is 9.47 Å². The Bertz CT molecular complexity index is 526. The molecular formula is C11H11F3N2O4. The van der Waals surface area contributed by atoms with Gasteiger partial charge in [0.2, 0.25) is 6.10 Å². The van der Waals surface area contributed by atoms with Crippen LogP contribution in [0.5, 0.6) is 0 Å². The molecule has 1 aromatic heterocycles. The monoisotopic (exact) mass is 292 g/mol. The van der Waals surface area contributed by atoms with Crippen molar-refractivity contribution in [2.24, 2.45) is 0 Å². The summed E-state index contributed by atoms with van der Waals surface area (Å²) < 4.78 is 47.3. The van der Waals surface area contributed by atoms with Gasteiger partial charge in [-0.3, -0.25) is 9.48 Å². The maximum atomic E-state index is 12.3. The van der Waals surface area contributed by atoms with Gasteiger partial charge in [-0.25, -0.2) is 4.79 Å². The molecule has 0 saturated carbocycles. The predicted octanol–water partition coefficient (Wildman–Crippen LogP) is 1.15. The highest BCUT2D eigenvalue weighted by Crippen LogP contribution is 2.27. The van der Waals surface area contributed by atoms with Crippen LogP contribution in [-0.4, -0.2) is 33.9 Å². The molecule has 0 amide bonds. The van der Waals surface area contributed by atoms with Crippen molar-refractivity contribution >= 4 is 11.9 Å². The molecule has 1 aliphatic rings. The Morgan fingerprint density at radius 1 is 1.60 bits per heavy atom. The number of aromatic nitrogens is 2. The molecule has 1 fully saturated rings. The smallest absolute Gasteiger partial charge is 0.435 e. The summed E-state index contributed by atoms with van der Waals surface area (Å²) in [7, 11) is 0. The van der Waals surface area contributed by atoms with Crippen molar-refractivity contribution in [3.8, 4) is 0 Å². The normalized spacial score (nSPS) is 22.7. The summed E-state index contributed by atoms with van der Waals surface area (Å²) in [6.45, 7) is 1.14. The van der Waals surface area contributed by atoms with E-state index in [2.05, 4.69) is 5.10 Å². The van der Waals surface area contributed by atoms with Gasteiger partial charge >= 0.3 is 18.1 Å². The molecule has 0 N–H and O–H groups in total. The third-order valence-corrected chi connectivity index (χ3v) is 2.62. The van der Waals surface area contributed by atoms with Crippen LogP contribution in [0.2, 0.25) is 0 Å². The lowest BCUT2D eigenvalue weighted by Gasteiger charge is -2.08. The van der Waals surface area contributed by atoms with E-state index in [1.165, 1.54) is 0 Å². The molecular weight excluding hydrogens is 281 g/mol. The third kappa shape index (κ3) is 3.28. The molecule has 2 heterocycles. The summed E-state index contributed by atoms with van der Waals surface area (Å²) in [5, 5.41) is 3.20. The second-order valence-corrected chi connectivity index (χ2v) is 4.36. The van der Waals surface area contributed by atoms with Crippen molar-refractivity contribution in [1.82, 2.24) is 9.78 Å². The van der Waals surface area contributed by atoms with Gasteiger partial charge < -0.3 is 9.47 Å². The molecule has 0 unspecified atom stereocenters. The number of halogens is 3. The summed E-state index contributed by atoms with van der Waals surface area (Å²) in [6.07, 6.45) is -4.67. The Kier molecular flexibility index (Phi) is 3.69. The number of hydrogen-bond donors (Lipinski definition) is 0. The highest BCUT2D eigenvalue weighted by Gasteiger charge is 2.36. The topological polar surface area (TPSA) is 70.4 Å². The minimum Gasteiger partial charge on any atom is -0.460 e. The summed E-state index contributed by atoms with van der Waals surface area (Å²) >= 11 is 0. The zero-order chi connectivity index (χ0) is 14.9. The Morgan fingerprint density at radius 3 is 2.80 bits per heavy atom. The molecule has 2 rings (SSSR count). The molecule has 0 radical (unpaired) electrons. The molecule has 2 atom stereocenters. The van der Waals surface area contributed by atoms with E-state index >= 15 is 0 Å². The van der Waals surface area contributed by atoms with Gasteiger partial charge in [-0.2, -0.15) is 18.3 Å². The van der Waals surface area contributed by atoms with Crippen LogP contribution in [0.4, 0.5) is 13.2 Å². The molecule has 0 bridgehead atoms. The van der Waals surface area contributed by atoms with Crippen LogP contribution in [0.3, 0.4) is 0 Å². The van der Waals surface area contributed by atoms with E-state index in [-0.39, 0.29) is 12.5 Å². The molecule has 0 aliphatic carbocycles. The fourth-order valence-corrected chi connectivity index (χ4v) is 1.75. The number of rotatable bonds is 3. The van der Waals surface area contributed by atoms with Crippen molar-refractivity contribution in [3.05, 3.63) is 18.0 Å². The first-order chi connectivity index (χ1) is 9.25. The van der Waals surface area contributed by atoms with Crippen LogP contribution in [0.15, 0.2) is 12.3 Å². The number of ether oxygens (including phenoxy) is 2. The number of esters is 2. The summed E-state index contributed by atoms with van der Waals surface area (Å²) in [5.74, 6) is -1.50. The summed E-state index contributed by atoms with van der Waals surface area (Å²) in [5.41, 5.74) is -1.10. The average Bonchev–Trinajstić information content (AvgIpc) is 2.86. The summed E-state index contributed by atoms with van der Waals surface area (Å²) in [6, 6.07) is 0.749. The first-order valence-electron chi connectivity index (χ1n) is 5.76. The van der Waals surface area contributed by atoms with Gasteiger partial charge in [0.15, 0.2) is 5.69 Å². The zero-order valence-corrected chi connectivity index (χ0v) is 10.4. The zero-order valence-electron chi connectivity index (χ0n) is 10.4. The first-order valence-corrected chi connectivity index (χ1v) is 5.76. The lowest BCUT2D eigenvalue weighted by atomic mass is 10.2. The maximum Gasteiger partial charge on any atom is 0.435 e. The van der Waals surface area contributed by atoms with Gasteiger partial charge in [0.25, 0.3) is 0 Å². The highest BCUT2D eigenvalue weighted by molar-refractivity contribution is 5.80. The second-order valence-electron chi connectivity index (χ2n) is 4.36. The van der Waals surface area contributed by atoms with Crippen LogP contribution in [0.25, 0.3) is 0 Å². The van der Waals surface area contributed by atoms with Crippen LogP contribution in [0.1, 0.15) is 19.0 Å². The quantitative estimate of drug-likeness (QED) is 0.782. The molecule has 0 spiro atoms. The Balaban J connectivity index is 1.92. The van der Waals surface area contributed by atoms with Crippen molar-refractivity contribution in [2.45, 2.75) is 38.3 Å². The predicted molar refractivity (Wildman–Crippen MR) is 57.3 cm³/mol. The number of carbonyl (C=O) groups excluding carboxylic acids is 2. The van der Waals surface area contributed by atoms with E-state index in [0.29, 0.717) is 0 Å². The van der Waals surface area contributed by atoms with E-state index < -0.39 is 36.5 Å². The van der Waals surface area contributed by atoms with E-state index in [0.717, 1.165) is 16.9 Å². The van der Waals surface area contributed by atoms with Gasteiger partial charge in [-0.1, -0.05) is 0 Å². The van der Waals surface area contributed by atoms with E-state index in [1.807, 2.05) is 0 Å². The van der Waals surface area contributed by atoms with E-state index in [1.54, 1.807) is 6.92 Å². The fourth-order valence-electron chi connectivity index (χ4n) is 1.75. The number of cyclic esters (lactones) is 1. The van der Waals surface area contributed by atoms with Crippen LogP contribution in [-0.2, 0) is 31.8 Å². The lowest BCUT2D eigenvalue weighted by molar-refractivity contribution is -0.161. The van der Waals surface area contributed by atoms with Crippen molar-refractivity contribution in [1.29, 1.82) is 0 Å². The molecule has 0 aromatic carbocycles. The van der Waals surface area contributed by atoms with Gasteiger partial charge in [0.05, 0.1) is 0 Å². The molecule has 110 valence electrons. The van der Waals surface area contributed by atoms with Crippen molar-refractivity contribution in [2.75, 3.05) is 0 Å². The Morgan fingerprint density at radius 2 is 2.30 bits per heavy atom. The second kappa shape index (κ2) is 5.14. The lowest BCUT2D eigenvalue weighted by Crippen LogP contribution is -2.25. The Hall–Kier alpha value is -2.06. The first kappa shape index (κ1) is 14.4. The number of alkyl halides is 3. The fraction of sp³-hybridized carbons (Fsp3) is 0.545. The summed E-state index contributed by atoms with van der Waals surface area (Å²) in [4.78, 5) is 22.7. The molecule has 1 saturated heterocycles. The van der Waals surface area contributed by atoms with E-state index in [9.17, 15) is 22.8 Å². The van der Waals surface area contributed by atoms with Crippen molar-refractivity contribution in [3.63, 3.8) is 0 Å². The SMILES string of the molecule is C[C@H]1C[C@H](OC(=O)Cn2ccc(C(F)(F)F)n2)C(=O)O1. The van der Waals surface area contributed by atoms with Crippen LogP contribution in [0, 0.1) is 0 Å². The molecule has 1 aliphatic heterocycles. The molecule has 9 heteroatoms. The van der Waals surface area contributed by atoms with Crippen LogP contribution >= 0.6 is 0 Å². The number of hydrogen-bond acceptors (Lipinski definition) is 5. The molecule has 20 heavy (non-hydrogen) atoms. The Labute approximate surface area is 111 Å². The van der Waals surface area contributed by atoms with Gasteiger partial charge in [0, 0.05) is 12.6 Å². The van der Waals surface area contributed by atoms with Gasteiger partial charge in [-0.15, -0.1) is 0 Å². The molecule has 1 aromatic rings. The van der Waals surface area contributed by atoms with Crippen LogP contribution < -0.4 is 0 Å². The third-order valence-electron chi connectivity index (χ3n) is 2.62. The molecule has 6 nitrogen and oxygen atoms in total. The minimum absolute atomic E-state index is 0.234. The largest absolute Gasteiger partial charge is 0.460 e. The highest BCUT2D eigenvalue weighted by atomic mass is 19.4. The number of carbonyl (C=O) groups is 2.